The zero-order valence-electron chi connectivity index (χ0n) is 13.2. The molecule has 1 aliphatic carbocycles. The van der Waals surface area contributed by atoms with Crippen LogP contribution in [-0.2, 0) is 6.54 Å². The van der Waals surface area contributed by atoms with Crippen LogP contribution in [0.2, 0.25) is 0 Å². The topological polar surface area (TPSA) is 85.8 Å². The number of carbonyl (C=O) groups is 1. The van der Waals surface area contributed by atoms with Crippen LogP contribution < -0.4 is 11.1 Å². The monoisotopic (exact) mass is 293 g/mol. The molecule has 1 amide bonds. The predicted octanol–water partition coefficient (Wildman–Crippen LogP) is 1.43. The van der Waals surface area contributed by atoms with Crippen LogP contribution in [-0.4, -0.2) is 33.5 Å². The van der Waals surface area contributed by atoms with Gasteiger partial charge >= 0.3 is 0 Å². The van der Waals surface area contributed by atoms with Crippen LogP contribution in [0.3, 0.4) is 0 Å². The molecule has 21 heavy (non-hydrogen) atoms. The van der Waals surface area contributed by atoms with E-state index < -0.39 is 0 Å². The summed E-state index contributed by atoms with van der Waals surface area (Å²) in [5.41, 5.74) is 5.85. The molecule has 3 atom stereocenters. The van der Waals surface area contributed by atoms with Crippen LogP contribution in [0.15, 0.2) is 6.20 Å². The van der Waals surface area contributed by atoms with Gasteiger partial charge < -0.3 is 11.1 Å². The minimum Gasteiger partial charge on any atom is -0.348 e. The second kappa shape index (κ2) is 7.02. The van der Waals surface area contributed by atoms with Crippen molar-refractivity contribution < 1.29 is 4.79 Å². The van der Waals surface area contributed by atoms with Crippen LogP contribution in [0.1, 0.15) is 50.5 Å². The Kier molecular flexibility index (Phi) is 5.33. The van der Waals surface area contributed by atoms with Crippen molar-refractivity contribution in [2.45, 2.75) is 52.6 Å². The lowest BCUT2D eigenvalue weighted by Crippen LogP contribution is -2.45. The summed E-state index contributed by atoms with van der Waals surface area (Å²) < 4.78 is 1.61. The number of carbonyl (C=O) groups excluding carboxylic acids is 1. The average molecular weight is 293 g/mol. The normalized spacial score (nSPS) is 26.0. The molecule has 3 N–H and O–H groups in total. The van der Waals surface area contributed by atoms with E-state index >= 15 is 0 Å². The van der Waals surface area contributed by atoms with Crippen LogP contribution in [0.4, 0.5) is 0 Å². The van der Waals surface area contributed by atoms with Gasteiger partial charge in [-0.2, -0.15) is 0 Å². The third kappa shape index (κ3) is 4.03. The van der Waals surface area contributed by atoms with Crippen molar-refractivity contribution in [3.05, 3.63) is 11.9 Å². The maximum Gasteiger partial charge on any atom is 0.273 e. The van der Waals surface area contributed by atoms with Crippen molar-refractivity contribution >= 4 is 5.91 Å². The highest BCUT2D eigenvalue weighted by atomic mass is 16.2. The molecular formula is C15H27N5O. The van der Waals surface area contributed by atoms with Gasteiger partial charge in [0.05, 0.1) is 12.7 Å². The smallest absolute Gasteiger partial charge is 0.273 e. The lowest BCUT2D eigenvalue weighted by Gasteiger charge is -2.37. The van der Waals surface area contributed by atoms with Crippen molar-refractivity contribution in [1.82, 2.24) is 20.3 Å². The summed E-state index contributed by atoms with van der Waals surface area (Å²) in [7, 11) is 0. The number of nitrogens with zero attached hydrogens (tertiary/aromatic N) is 3. The largest absolute Gasteiger partial charge is 0.348 e. The Morgan fingerprint density at radius 2 is 2.29 bits per heavy atom. The Hall–Kier alpha value is -1.43. The molecule has 0 radical (unpaired) electrons. The van der Waals surface area contributed by atoms with Gasteiger partial charge in [0.1, 0.15) is 0 Å². The minimum absolute atomic E-state index is 0.122. The fourth-order valence-electron chi connectivity index (χ4n) is 3.25. The summed E-state index contributed by atoms with van der Waals surface area (Å²) in [5, 5.41) is 11.0. The molecule has 3 unspecified atom stereocenters. The number of hydrogen-bond acceptors (Lipinski definition) is 4. The molecule has 2 rings (SSSR count). The van der Waals surface area contributed by atoms with E-state index in [9.17, 15) is 4.79 Å². The molecule has 0 spiro atoms. The zero-order valence-corrected chi connectivity index (χ0v) is 13.2. The minimum atomic E-state index is -0.122. The highest BCUT2D eigenvalue weighted by Gasteiger charge is 2.32. The van der Waals surface area contributed by atoms with E-state index in [-0.39, 0.29) is 11.9 Å². The number of amides is 1. The van der Waals surface area contributed by atoms with Gasteiger partial charge in [-0.1, -0.05) is 32.4 Å². The van der Waals surface area contributed by atoms with Crippen LogP contribution in [0, 0.1) is 17.8 Å². The molecule has 0 aliphatic heterocycles. The van der Waals surface area contributed by atoms with Crippen molar-refractivity contribution in [3.63, 3.8) is 0 Å². The third-order valence-corrected chi connectivity index (χ3v) is 4.47. The van der Waals surface area contributed by atoms with Gasteiger partial charge in [-0.15, -0.1) is 5.10 Å². The van der Waals surface area contributed by atoms with E-state index in [2.05, 4.69) is 36.4 Å². The summed E-state index contributed by atoms with van der Waals surface area (Å²) in [6, 6.07) is 0.237. The molecule has 1 fully saturated rings. The van der Waals surface area contributed by atoms with Crippen molar-refractivity contribution in [1.29, 1.82) is 0 Å². The SMILES string of the molecule is CC1CCC(C(C)C)C(NC(=O)c2cn(CCN)nn2)C1. The fraction of sp³-hybridized carbons (Fsp3) is 0.800. The summed E-state index contributed by atoms with van der Waals surface area (Å²) >= 11 is 0. The lowest BCUT2D eigenvalue weighted by molar-refractivity contribution is 0.0862. The number of nitrogens with one attached hydrogen (secondary N) is 1. The molecule has 0 aromatic carbocycles. The molecule has 1 aromatic heterocycles. The van der Waals surface area contributed by atoms with Crippen molar-refractivity contribution in [3.8, 4) is 0 Å². The molecule has 6 nitrogen and oxygen atoms in total. The van der Waals surface area contributed by atoms with E-state index in [1.807, 2.05) is 0 Å². The first-order valence-electron chi connectivity index (χ1n) is 7.92. The first-order valence-corrected chi connectivity index (χ1v) is 7.92. The summed E-state index contributed by atoms with van der Waals surface area (Å²) in [6.07, 6.45) is 5.15. The van der Waals surface area contributed by atoms with Gasteiger partial charge in [-0.25, -0.2) is 0 Å². The van der Waals surface area contributed by atoms with E-state index in [1.165, 1.54) is 12.8 Å². The molecule has 6 heteroatoms. The Labute approximate surface area is 126 Å². The fourth-order valence-corrected chi connectivity index (χ4v) is 3.25. The van der Waals surface area contributed by atoms with Gasteiger partial charge in [0.25, 0.3) is 5.91 Å². The first kappa shape index (κ1) is 15.9. The molecule has 1 saturated carbocycles. The number of hydrogen-bond donors (Lipinski definition) is 2. The third-order valence-electron chi connectivity index (χ3n) is 4.47. The molecule has 1 heterocycles. The number of nitrogens with two attached hydrogens (primary N) is 1. The Morgan fingerprint density at radius 1 is 1.52 bits per heavy atom. The van der Waals surface area contributed by atoms with E-state index in [1.54, 1.807) is 10.9 Å². The first-order chi connectivity index (χ1) is 10.0. The van der Waals surface area contributed by atoms with Crippen molar-refractivity contribution in [2.24, 2.45) is 23.5 Å². The Morgan fingerprint density at radius 3 is 2.95 bits per heavy atom. The van der Waals surface area contributed by atoms with Gasteiger partial charge in [-0.3, -0.25) is 9.48 Å². The Balaban J connectivity index is 2.01. The molecule has 1 aromatic rings. The molecule has 0 saturated heterocycles. The predicted molar refractivity (Wildman–Crippen MR) is 81.7 cm³/mol. The molecule has 0 bridgehead atoms. The summed E-state index contributed by atoms with van der Waals surface area (Å²) in [5.74, 6) is 1.67. The van der Waals surface area contributed by atoms with Crippen molar-refractivity contribution in [2.75, 3.05) is 6.54 Å². The Bertz CT molecular complexity index is 470. The molecule has 118 valence electrons. The van der Waals surface area contributed by atoms with E-state index in [0.717, 1.165) is 6.42 Å². The summed E-state index contributed by atoms with van der Waals surface area (Å²) in [4.78, 5) is 12.3. The molecular weight excluding hydrogens is 266 g/mol. The van der Waals surface area contributed by atoms with Crippen LogP contribution in [0.5, 0.6) is 0 Å². The highest BCUT2D eigenvalue weighted by molar-refractivity contribution is 5.92. The summed E-state index contributed by atoms with van der Waals surface area (Å²) in [6.45, 7) is 7.79. The maximum absolute atomic E-state index is 12.3. The van der Waals surface area contributed by atoms with Crippen LogP contribution >= 0.6 is 0 Å². The highest BCUT2D eigenvalue weighted by Crippen LogP contribution is 2.33. The maximum atomic E-state index is 12.3. The van der Waals surface area contributed by atoms with Gasteiger partial charge in [0, 0.05) is 12.6 Å². The van der Waals surface area contributed by atoms with Crippen LogP contribution in [0.25, 0.3) is 0 Å². The number of rotatable bonds is 5. The lowest BCUT2D eigenvalue weighted by atomic mass is 9.74. The quantitative estimate of drug-likeness (QED) is 0.860. The van der Waals surface area contributed by atoms with Gasteiger partial charge in [-0.05, 0) is 30.6 Å². The van der Waals surface area contributed by atoms with E-state index in [0.29, 0.717) is 36.5 Å². The van der Waals surface area contributed by atoms with Gasteiger partial charge in [0.15, 0.2) is 5.69 Å². The second-order valence-corrected chi connectivity index (χ2v) is 6.56. The number of aromatic nitrogens is 3. The zero-order chi connectivity index (χ0) is 15.4. The average Bonchev–Trinajstić information content (AvgIpc) is 2.87. The second-order valence-electron chi connectivity index (χ2n) is 6.56. The molecule has 1 aliphatic rings. The van der Waals surface area contributed by atoms with E-state index in [4.69, 9.17) is 5.73 Å². The van der Waals surface area contributed by atoms with Gasteiger partial charge in [0.2, 0.25) is 0 Å². The standard InChI is InChI=1S/C15H27N5O/c1-10(2)12-5-4-11(3)8-13(12)17-15(21)14-9-20(7-6-16)19-18-14/h9-13H,4-8,16H2,1-3H3,(H,17,21).